The predicted octanol–water partition coefficient (Wildman–Crippen LogP) is 4.99. The predicted molar refractivity (Wildman–Crippen MR) is 74.0 cm³/mol. The summed E-state index contributed by atoms with van der Waals surface area (Å²) in [5.41, 5.74) is 0. The zero-order valence-electron chi connectivity index (χ0n) is 6.80. The van der Waals surface area contributed by atoms with E-state index in [0.717, 1.165) is 0 Å². The minimum atomic E-state index is 1.21. The lowest BCUT2D eigenvalue weighted by Crippen LogP contribution is -1.77. The topological polar surface area (TPSA) is 0 Å². The summed E-state index contributed by atoms with van der Waals surface area (Å²) in [6.07, 6.45) is 2.12. The zero-order valence-corrected chi connectivity index (χ0v) is 12.2. The number of hydrogen-bond acceptors (Lipinski definition) is 2. The van der Waals surface area contributed by atoms with Crippen molar-refractivity contribution >= 4 is 71.7 Å². The van der Waals surface area contributed by atoms with E-state index in [9.17, 15) is 0 Å². The van der Waals surface area contributed by atoms with Crippen molar-refractivity contribution in [1.29, 1.82) is 0 Å². The molecule has 0 unspecified atom stereocenters. The molecule has 0 radical (unpaired) electrons. The molecule has 1 heterocycles. The Bertz CT molecular complexity index is 450. The number of thioether (sulfide) groups is 1. The number of fused-ring (bicyclic) bond motifs is 1. The Morgan fingerprint density at radius 3 is 2.92 bits per heavy atom. The molecule has 4 heteroatoms. The van der Waals surface area contributed by atoms with E-state index in [0.29, 0.717) is 0 Å². The highest BCUT2D eigenvalue weighted by atomic mass is 127. The van der Waals surface area contributed by atoms with E-state index in [4.69, 9.17) is 0 Å². The highest BCUT2D eigenvalue weighted by Gasteiger charge is 2.06. The van der Waals surface area contributed by atoms with Gasteiger partial charge >= 0.3 is 0 Å². The summed E-state index contributed by atoms with van der Waals surface area (Å²) in [5.74, 6) is 0. The largest absolute Gasteiger partial charge is 0.128 e. The average molecular weight is 385 g/mol. The summed E-state index contributed by atoms with van der Waals surface area (Å²) in [7, 11) is 0. The molecule has 0 aliphatic carbocycles. The molecule has 0 bridgehead atoms. The first-order valence-corrected chi connectivity index (χ1v) is 7.55. The van der Waals surface area contributed by atoms with Gasteiger partial charge in [0, 0.05) is 18.6 Å². The third kappa shape index (κ3) is 1.91. The number of thiophene rings is 1. The van der Waals surface area contributed by atoms with Gasteiger partial charge in [-0.2, -0.15) is 0 Å². The van der Waals surface area contributed by atoms with Gasteiger partial charge in [-0.15, -0.1) is 23.1 Å². The molecule has 0 fully saturated rings. The molecule has 2 aromatic rings. The Hall–Kier alpha value is 0.740. The second-order valence-corrected chi connectivity index (χ2v) is 6.93. The monoisotopic (exact) mass is 384 g/mol. The molecular formula is C9H6BrIS2. The lowest BCUT2D eigenvalue weighted by Gasteiger charge is -2.00. The molecule has 13 heavy (non-hydrogen) atoms. The molecular weight excluding hydrogens is 379 g/mol. The lowest BCUT2D eigenvalue weighted by atomic mass is 10.3. The first-order valence-electron chi connectivity index (χ1n) is 3.64. The van der Waals surface area contributed by atoms with Crippen molar-refractivity contribution < 1.29 is 0 Å². The van der Waals surface area contributed by atoms with Gasteiger partial charge in [0.25, 0.3) is 0 Å². The van der Waals surface area contributed by atoms with E-state index in [2.05, 4.69) is 63.0 Å². The van der Waals surface area contributed by atoms with Crippen molar-refractivity contribution in [3.8, 4) is 0 Å². The first-order chi connectivity index (χ1) is 6.22. The summed E-state index contributed by atoms with van der Waals surface area (Å²) in [6, 6.07) is 6.58. The summed E-state index contributed by atoms with van der Waals surface area (Å²) >= 11 is 9.52. The van der Waals surface area contributed by atoms with Gasteiger partial charge in [0.1, 0.15) is 0 Å². The highest BCUT2D eigenvalue weighted by Crippen LogP contribution is 2.36. The molecule has 0 N–H and O–H groups in total. The molecule has 0 aliphatic rings. The van der Waals surface area contributed by atoms with Crippen molar-refractivity contribution in [2.45, 2.75) is 4.90 Å². The Balaban J connectivity index is 2.78. The smallest absolute Gasteiger partial charge is 0.0711 e. The second-order valence-electron chi connectivity index (χ2n) is 2.54. The van der Waals surface area contributed by atoms with Crippen molar-refractivity contribution in [3.05, 3.63) is 25.6 Å². The van der Waals surface area contributed by atoms with Crippen LogP contribution in [0, 0.1) is 3.57 Å². The van der Waals surface area contributed by atoms with Crippen LogP contribution in [0.1, 0.15) is 0 Å². The molecule has 1 aromatic carbocycles. The van der Waals surface area contributed by atoms with Gasteiger partial charge in [-0.25, -0.2) is 0 Å². The quantitative estimate of drug-likeness (QED) is 0.493. The van der Waals surface area contributed by atoms with Crippen LogP contribution in [0.4, 0.5) is 0 Å². The number of hydrogen-bond donors (Lipinski definition) is 0. The van der Waals surface area contributed by atoms with Crippen LogP contribution >= 0.6 is 61.6 Å². The first kappa shape index (κ1) is 10.3. The van der Waals surface area contributed by atoms with E-state index in [-0.39, 0.29) is 0 Å². The minimum absolute atomic E-state index is 1.21. The standard InChI is InChI=1S/C9H6BrIS2/c1-12-7-3-2-6-5(9(7)11)4-8(10)13-6/h2-4H,1H3. The normalized spacial score (nSPS) is 11.0. The number of halogens is 2. The summed E-state index contributed by atoms with van der Waals surface area (Å²) in [6.45, 7) is 0. The summed E-state index contributed by atoms with van der Waals surface area (Å²) in [4.78, 5) is 1.36. The second kappa shape index (κ2) is 4.08. The molecule has 0 atom stereocenters. The fraction of sp³-hybridized carbons (Fsp3) is 0.111. The van der Waals surface area contributed by atoms with Crippen LogP contribution in [-0.4, -0.2) is 6.26 Å². The molecule has 0 aliphatic heterocycles. The Morgan fingerprint density at radius 2 is 2.23 bits per heavy atom. The minimum Gasteiger partial charge on any atom is -0.128 e. The maximum Gasteiger partial charge on any atom is 0.0711 e. The van der Waals surface area contributed by atoms with Crippen LogP contribution in [0.2, 0.25) is 0 Å². The van der Waals surface area contributed by atoms with Crippen LogP contribution in [-0.2, 0) is 0 Å². The molecule has 0 amide bonds. The summed E-state index contributed by atoms with van der Waals surface area (Å²) < 4.78 is 3.93. The van der Waals surface area contributed by atoms with E-state index < -0.39 is 0 Å². The molecule has 68 valence electrons. The number of rotatable bonds is 1. The number of benzene rings is 1. The van der Waals surface area contributed by atoms with Gasteiger partial charge in [-0.05, 0) is 63.0 Å². The van der Waals surface area contributed by atoms with Crippen LogP contribution in [0.25, 0.3) is 10.1 Å². The van der Waals surface area contributed by atoms with Gasteiger partial charge in [-0.3, -0.25) is 0 Å². The molecule has 1 aromatic heterocycles. The maximum absolute atomic E-state index is 3.51. The van der Waals surface area contributed by atoms with E-state index >= 15 is 0 Å². The third-order valence-corrected chi connectivity index (χ3v) is 5.70. The van der Waals surface area contributed by atoms with E-state index in [1.54, 1.807) is 23.1 Å². The molecule has 0 saturated heterocycles. The van der Waals surface area contributed by atoms with Crippen molar-refractivity contribution in [2.75, 3.05) is 6.26 Å². The maximum atomic E-state index is 3.51. The fourth-order valence-electron chi connectivity index (χ4n) is 1.18. The zero-order chi connectivity index (χ0) is 9.42. The van der Waals surface area contributed by atoms with Gasteiger partial charge in [0.2, 0.25) is 0 Å². The van der Waals surface area contributed by atoms with Gasteiger partial charge in [-0.1, -0.05) is 0 Å². The fourth-order valence-corrected chi connectivity index (χ4v) is 4.69. The average Bonchev–Trinajstić information content (AvgIpc) is 2.47. The van der Waals surface area contributed by atoms with Crippen LogP contribution in [0.15, 0.2) is 26.9 Å². The third-order valence-electron chi connectivity index (χ3n) is 1.79. The van der Waals surface area contributed by atoms with Gasteiger partial charge in [0.15, 0.2) is 0 Å². The molecule has 0 nitrogen and oxygen atoms in total. The summed E-state index contributed by atoms with van der Waals surface area (Å²) in [5, 5.41) is 1.37. The van der Waals surface area contributed by atoms with E-state index in [1.807, 2.05) is 0 Å². The van der Waals surface area contributed by atoms with Crippen LogP contribution in [0.5, 0.6) is 0 Å². The Morgan fingerprint density at radius 1 is 1.46 bits per heavy atom. The Labute approximate surface area is 107 Å². The van der Waals surface area contributed by atoms with Crippen molar-refractivity contribution in [3.63, 3.8) is 0 Å². The Kier molecular flexibility index (Phi) is 3.22. The SMILES string of the molecule is CSc1ccc2sc(Br)cc2c1I. The highest BCUT2D eigenvalue weighted by molar-refractivity contribution is 14.1. The lowest BCUT2D eigenvalue weighted by molar-refractivity contribution is 1.47. The molecule has 0 spiro atoms. The molecule has 0 saturated carbocycles. The van der Waals surface area contributed by atoms with Crippen LogP contribution in [0.3, 0.4) is 0 Å². The van der Waals surface area contributed by atoms with Crippen LogP contribution < -0.4 is 0 Å². The van der Waals surface area contributed by atoms with Gasteiger partial charge in [0.05, 0.1) is 3.79 Å². The van der Waals surface area contributed by atoms with Gasteiger partial charge < -0.3 is 0 Å². The van der Waals surface area contributed by atoms with Crippen molar-refractivity contribution in [2.24, 2.45) is 0 Å². The molecule has 2 rings (SSSR count). The van der Waals surface area contributed by atoms with Crippen molar-refractivity contribution in [1.82, 2.24) is 0 Å². The van der Waals surface area contributed by atoms with E-state index in [1.165, 1.54) is 22.3 Å².